The average molecular weight is 291 g/mol. The molecular weight excluding hydrogens is 276 g/mol. The lowest BCUT2D eigenvalue weighted by molar-refractivity contribution is 0.0950. The number of benzene rings is 2. The van der Waals surface area contributed by atoms with Crippen molar-refractivity contribution in [1.82, 2.24) is 5.32 Å². The van der Waals surface area contributed by atoms with Crippen LogP contribution in [0.25, 0.3) is 0 Å². The van der Waals surface area contributed by atoms with Gasteiger partial charge in [0.05, 0.1) is 0 Å². The van der Waals surface area contributed by atoms with E-state index in [-0.39, 0.29) is 12.1 Å². The largest absolute Gasteiger partial charge is 0.348 e. The zero-order valence-corrected chi connectivity index (χ0v) is 11.4. The first-order valence-electron chi connectivity index (χ1n) is 6.30. The molecule has 0 saturated heterocycles. The van der Waals surface area contributed by atoms with Gasteiger partial charge in [0.1, 0.15) is 5.69 Å². The highest BCUT2D eigenvalue weighted by atomic mass is 19.1. The van der Waals surface area contributed by atoms with Crippen LogP contribution < -0.4 is 16.6 Å². The zero-order valence-electron chi connectivity index (χ0n) is 11.4. The molecule has 0 radical (unpaired) electrons. The van der Waals surface area contributed by atoms with Gasteiger partial charge >= 0.3 is 0 Å². The quantitative estimate of drug-likeness (QED) is 0.599. The number of amides is 1. The molecule has 0 saturated carbocycles. The second kappa shape index (κ2) is 6.32. The van der Waals surface area contributed by atoms with Crippen LogP contribution in [0.4, 0.5) is 14.5 Å². The summed E-state index contributed by atoms with van der Waals surface area (Å²) in [6.07, 6.45) is 0. The molecular formula is C15H15F2N3O. The van der Waals surface area contributed by atoms with Crippen LogP contribution in [-0.2, 0) is 6.54 Å². The highest BCUT2D eigenvalue weighted by Crippen LogP contribution is 2.19. The summed E-state index contributed by atoms with van der Waals surface area (Å²) in [7, 11) is 0. The van der Waals surface area contributed by atoms with E-state index in [1.165, 1.54) is 0 Å². The van der Waals surface area contributed by atoms with Crippen molar-refractivity contribution in [2.75, 3.05) is 5.43 Å². The monoisotopic (exact) mass is 291 g/mol. The lowest BCUT2D eigenvalue weighted by Crippen LogP contribution is -2.23. The fraction of sp³-hybridized carbons (Fsp3) is 0.133. The summed E-state index contributed by atoms with van der Waals surface area (Å²) in [5.41, 5.74) is 3.32. The number of hydrazine groups is 1. The number of rotatable bonds is 4. The van der Waals surface area contributed by atoms with Crippen molar-refractivity contribution >= 4 is 11.6 Å². The molecule has 1 amide bonds. The first-order valence-corrected chi connectivity index (χ1v) is 6.30. The van der Waals surface area contributed by atoms with Gasteiger partial charge in [-0.15, -0.1) is 0 Å². The van der Waals surface area contributed by atoms with Gasteiger partial charge in [0.15, 0.2) is 11.6 Å². The number of nitrogen functional groups attached to an aromatic ring is 1. The lowest BCUT2D eigenvalue weighted by Gasteiger charge is -2.09. The molecule has 0 aliphatic rings. The third kappa shape index (κ3) is 3.55. The number of halogens is 2. The number of nitrogens with two attached hydrogens (primary N) is 1. The standard InChI is InChI=1S/C15H15F2N3O/c1-9-3-2-4-10(5-9)8-19-15(21)11-6-12(16)14(20-18)13(17)7-11/h2-7,20H,8,18H2,1H3,(H,19,21). The van der Waals surface area contributed by atoms with Gasteiger partial charge in [0, 0.05) is 12.1 Å². The van der Waals surface area contributed by atoms with Crippen LogP contribution in [0.3, 0.4) is 0 Å². The maximum Gasteiger partial charge on any atom is 0.251 e. The van der Waals surface area contributed by atoms with Gasteiger partial charge in [0.2, 0.25) is 0 Å². The molecule has 0 unspecified atom stereocenters. The lowest BCUT2D eigenvalue weighted by atomic mass is 10.1. The Morgan fingerprint density at radius 3 is 2.43 bits per heavy atom. The molecule has 0 aromatic heterocycles. The van der Waals surface area contributed by atoms with Crippen LogP contribution in [0.2, 0.25) is 0 Å². The first-order chi connectivity index (χ1) is 10.0. The molecule has 0 aliphatic carbocycles. The number of carbonyl (C=O) groups is 1. The van der Waals surface area contributed by atoms with Gasteiger partial charge in [-0.25, -0.2) is 8.78 Å². The van der Waals surface area contributed by atoms with Crippen molar-refractivity contribution < 1.29 is 13.6 Å². The van der Waals surface area contributed by atoms with E-state index in [0.717, 1.165) is 23.3 Å². The van der Waals surface area contributed by atoms with Crippen LogP contribution in [0, 0.1) is 18.6 Å². The van der Waals surface area contributed by atoms with Gasteiger partial charge in [-0.2, -0.15) is 0 Å². The fourth-order valence-electron chi connectivity index (χ4n) is 1.95. The summed E-state index contributed by atoms with van der Waals surface area (Å²) < 4.78 is 27.1. The van der Waals surface area contributed by atoms with Gasteiger partial charge in [-0.05, 0) is 24.6 Å². The van der Waals surface area contributed by atoms with Crippen LogP contribution in [0.15, 0.2) is 36.4 Å². The zero-order chi connectivity index (χ0) is 15.4. The molecule has 110 valence electrons. The predicted molar refractivity (Wildman–Crippen MR) is 76.5 cm³/mol. The number of nitrogens with one attached hydrogen (secondary N) is 2. The molecule has 2 aromatic rings. The number of hydrogen-bond donors (Lipinski definition) is 3. The number of carbonyl (C=O) groups excluding carboxylic acids is 1. The first kappa shape index (κ1) is 14.9. The highest BCUT2D eigenvalue weighted by Gasteiger charge is 2.14. The fourth-order valence-corrected chi connectivity index (χ4v) is 1.95. The Labute approximate surface area is 120 Å². The minimum Gasteiger partial charge on any atom is -0.348 e. The molecule has 0 bridgehead atoms. The van der Waals surface area contributed by atoms with E-state index in [9.17, 15) is 13.6 Å². The van der Waals surface area contributed by atoms with Gasteiger partial charge in [-0.3, -0.25) is 10.6 Å². The van der Waals surface area contributed by atoms with E-state index in [2.05, 4.69) is 5.32 Å². The Balaban J connectivity index is 2.10. The molecule has 6 heteroatoms. The predicted octanol–water partition coefficient (Wildman–Crippen LogP) is 2.49. The Bertz CT molecular complexity index is 651. The Hall–Kier alpha value is -2.47. The molecule has 0 spiro atoms. The van der Waals surface area contributed by atoms with Crippen LogP contribution in [0.1, 0.15) is 21.5 Å². The van der Waals surface area contributed by atoms with Crippen molar-refractivity contribution in [3.05, 3.63) is 64.7 Å². The van der Waals surface area contributed by atoms with Gasteiger partial charge < -0.3 is 10.7 Å². The van der Waals surface area contributed by atoms with E-state index in [0.29, 0.717) is 0 Å². The molecule has 21 heavy (non-hydrogen) atoms. The molecule has 0 aliphatic heterocycles. The smallest absolute Gasteiger partial charge is 0.251 e. The molecule has 2 aromatic carbocycles. The molecule has 0 heterocycles. The number of hydrogen-bond acceptors (Lipinski definition) is 3. The van der Waals surface area contributed by atoms with E-state index in [1.54, 1.807) is 0 Å². The molecule has 4 N–H and O–H groups in total. The number of anilines is 1. The van der Waals surface area contributed by atoms with Crippen molar-refractivity contribution in [1.29, 1.82) is 0 Å². The maximum atomic E-state index is 13.5. The minimum atomic E-state index is -0.918. The molecule has 0 fully saturated rings. The molecule has 2 rings (SSSR count). The van der Waals surface area contributed by atoms with Crippen molar-refractivity contribution in [2.24, 2.45) is 5.84 Å². The summed E-state index contributed by atoms with van der Waals surface area (Å²) >= 11 is 0. The Kier molecular flexibility index (Phi) is 4.49. The van der Waals surface area contributed by atoms with E-state index in [4.69, 9.17) is 5.84 Å². The second-order valence-electron chi connectivity index (χ2n) is 4.63. The van der Waals surface area contributed by atoms with Gasteiger partial charge in [-0.1, -0.05) is 29.8 Å². The van der Waals surface area contributed by atoms with Crippen LogP contribution in [0.5, 0.6) is 0 Å². The van der Waals surface area contributed by atoms with Crippen molar-refractivity contribution in [3.63, 3.8) is 0 Å². The van der Waals surface area contributed by atoms with Crippen LogP contribution >= 0.6 is 0 Å². The third-order valence-electron chi connectivity index (χ3n) is 2.98. The third-order valence-corrected chi connectivity index (χ3v) is 2.98. The van der Waals surface area contributed by atoms with Crippen molar-refractivity contribution in [2.45, 2.75) is 13.5 Å². The normalized spacial score (nSPS) is 10.3. The summed E-state index contributed by atoms with van der Waals surface area (Å²) in [4.78, 5) is 11.9. The van der Waals surface area contributed by atoms with E-state index < -0.39 is 23.2 Å². The number of aryl methyl sites for hydroxylation is 1. The summed E-state index contributed by atoms with van der Waals surface area (Å²) in [6.45, 7) is 2.22. The van der Waals surface area contributed by atoms with Crippen LogP contribution in [-0.4, -0.2) is 5.91 Å². The van der Waals surface area contributed by atoms with E-state index in [1.807, 2.05) is 36.6 Å². The molecule has 0 atom stereocenters. The maximum absolute atomic E-state index is 13.5. The summed E-state index contributed by atoms with van der Waals surface area (Å²) in [6, 6.07) is 9.46. The Morgan fingerprint density at radius 1 is 1.19 bits per heavy atom. The summed E-state index contributed by atoms with van der Waals surface area (Å²) in [5.74, 6) is 2.60. The molecule has 4 nitrogen and oxygen atoms in total. The van der Waals surface area contributed by atoms with Gasteiger partial charge in [0.25, 0.3) is 5.91 Å². The minimum absolute atomic E-state index is 0.100. The van der Waals surface area contributed by atoms with E-state index >= 15 is 0 Å². The SMILES string of the molecule is Cc1cccc(CNC(=O)c2cc(F)c(NN)c(F)c2)c1. The topological polar surface area (TPSA) is 67.2 Å². The highest BCUT2D eigenvalue weighted by molar-refractivity contribution is 5.94. The van der Waals surface area contributed by atoms with Crippen molar-refractivity contribution in [3.8, 4) is 0 Å². The second-order valence-corrected chi connectivity index (χ2v) is 4.63. The summed E-state index contributed by atoms with van der Waals surface area (Å²) in [5, 5.41) is 2.61. The average Bonchev–Trinajstić information content (AvgIpc) is 2.44. The Morgan fingerprint density at radius 2 is 1.86 bits per heavy atom.